The molecule has 0 aliphatic rings. The van der Waals surface area contributed by atoms with Crippen LogP contribution in [0.1, 0.15) is 42.1 Å². The molecule has 0 atom stereocenters. The van der Waals surface area contributed by atoms with Gasteiger partial charge in [-0.25, -0.2) is 0 Å². The second kappa shape index (κ2) is 9.75. The van der Waals surface area contributed by atoms with Crippen LogP contribution in [0.4, 0.5) is 0 Å². The van der Waals surface area contributed by atoms with E-state index in [0.29, 0.717) is 33.9 Å². The SMILES string of the molecule is CC(C)(c1ccc(OCc2nc(C#N)co2)cc1)c1cc(Cl)c(OCCCl)c(C#N)c1. The average molecular weight is 456 g/mol. The van der Waals surface area contributed by atoms with Crippen LogP contribution in [0.25, 0.3) is 0 Å². The molecule has 0 amide bonds. The lowest BCUT2D eigenvalue weighted by Gasteiger charge is -2.27. The van der Waals surface area contributed by atoms with Crippen LogP contribution < -0.4 is 9.47 Å². The lowest BCUT2D eigenvalue weighted by Crippen LogP contribution is -2.19. The number of aromatic nitrogens is 1. The van der Waals surface area contributed by atoms with Crippen LogP contribution in [0.2, 0.25) is 5.02 Å². The Bertz CT molecular complexity index is 1140. The summed E-state index contributed by atoms with van der Waals surface area (Å²) in [4.78, 5) is 3.98. The van der Waals surface area contributed by atoms with Crippen molar-refractivity contribution in [2.75, 3.05) is 12.5 Å². The number of nitriles is 2. The largest absolute Gasteiger partial charge is 0.489 e. The van der Waals surface area contributed by atoms with Crippen LogP contribution in [-0.4, -0.2) is 17.5 Å². The third-order valence-corrected chi connectivity index (χ3v) is 5.25. The summed E-state index contributed by atoms with van der Waals surface area (Å²) in [6, 6.07) is 15.2. The van der Waals surface area contributed by atoms with E-state index in [1.165, 1.54) is 6.26 Å². The van der Waals surface area contributed by atoms with E-state index < -0.39 is 5.41 Å². The number of alkyl halides is 1. The van der Waals surface area contributed by atoms with Crippen LogP contribution in [0.5, 0.6) is 11.5 Å². The highest BCUT2D eigenvalue weighted by molar-refractivity contribution is 6.32. The van der Waals surface area contributed by atoms with E-state index in [4.69, 9.17) is 42.4 Å². The zero-order valence-corrected chi connectivity index (χ0v) is 18.5. The molecule has 0 saturated heterocycles. The first-order valence-corrected chi connectivity index (χ1v) is 10.3. The Hall–Kier alpha value is -3.19. The molecule has 3 aromatic rings. The first kappa shape index (κ1) is 22.5. The van der Waals surface area contributed by atoms with E-state index in [1.807, 2.05) is 50.2 Å². The van der Waals surface area contributed by atoms with Crippen LogP contribution in [-0.2, 0) is 12.0 Å². The van der Waals surface area contributed by atoms with Gasteiger partial charge in [-0.3, -0.25) is 0 Å². The van der Waals surface area contributed by atoms with E-state index in [1.54, 1.807) is 6.07 Å². The Morgan fingerprint density at radius 2 is 1.81 bits per heavy atom. The molecular formula is C23H19Cl2N3O3. The molecule has 0 saturated carbocycles. The number of ether oxygens (including phenoxy) is 2. The number of hydrogen-bond donors (Lipinski definition) is 0. The first-order chi connectivity index (χ1) is 14.9. The highest BCUT2D eigenvalue weighted by Crippen LogP contribution is 2.38. The van der Waals surface area contributed by atoms with Gasteiger partial charge in [-0.1, -0.05) is 37.6 Å². The Kier molecular flexibility index (Phi) is 7.07. The first-order valence-electron chi connectivity index (χ1n) is 9.39. The highest BCUT2D eigenvalue weighted by atomic mass is 35.5. The van der Waals surface area contributed by atoms with Crippen molar-refractivity contribution < 1.29 is 13.9 Å². The smallest absolute Gasteiger partial charge is 0.233 e. The van der Waals surface area contributed by atoms with Gasteiger partial charge in [-0.2, -0.15) is 15.5 Å². The average Bonchev–Trinajstić information content (AvgIpc) is 3.24. The summed E-state index contributed by atoms with van der Waals surface area (Å²) in [6.07, 6.45) is 1.29. The highest BCUT2D eigenvalue weighted by Gasteiger charge is 2.26. The van der Waals surface area contributed by atoms with Gasteiger partial charge in [-0.15, -0.1) is 11.6 Å². The summed E-state index contributed by atoms with van der Waals surface area (Å²) in [5, 5.41) is 18.7. The number of benzene rings is 2. The second-order valence-electron chi connectivity index (χ2n) is 7.16. The molecule has 1 heterocycles. The Labute approximate surface area is 190 Å². The Balaban J connectivity index is 1.79. The lowest BCUT2D eigenvalue weighted by molar-refractivity contribution is 0.263. The molecule has 158 valence electrons. The molecular weight excluding hydrogens is 437 g/mol. The lowest BCUT2D eigenvalue weighted by atomic mass is 9.77. The molecule has 0 fully saturated rings. The van der Waals surface area contributed by atoms with Crippen molar-refractivity contribution in [2.45, 2.75) is 25.9 Å². The zero-order chi connectivity index (χ0) is 22.4. The van der Waals surface area contributed by atoms with Gasteiger partial charge in [0.25, 0.3) is 0 Å². The summed E-state index contributed by atoms with van der Waals surface area (Å²) >= 11 is 12.1. The second-order valence-corrected chi connectivity index (χ2v) is 7.95. The van der Waals surface area contributed by atoms with Gasteiger partial charge in [-0.05, 0) is 35.4 Å². The van der Waals surface area contributed by atoms with Crippen molar-refractivity contribution in [2.24, 2.45) is 0 Å². The van der Waals surface area contributed by atoms with E-state index in [0.717, 1.165) is 11.1 Å². The summed E-state index contributed by atoms with van der Waals surface area (Å²) in [5.41, 5.74) is 2.04. The minimum Gasteiger partial charge on any atom is -0.489 e. The molecule has 0 bridgehead atoms. The number of oxazole rings is 1. The normalized spacial score (nSPS) is 10.9. The predicted molar refractivity (Wildman–Crippen MR) is 117 cm³/mol. The fourth-order valence-electron chi connectivity index (χ4n) is 3.03. The van der Waals surface area contributed by atoms with Crippen LogP contribution in [0.3, 0.4) is 0 Å². The molecule has 6 nitrogen and oxygen atoms in total. The minimum atomic E-state index is -0.428. The molecule has 0 radical (unpaired) electrons. The fraction of sp³-hybridized carbons (Fsp3) is 0.261. The molecule has 31 heavy (non-hydrogen) atoms. The van der Waals surface area contributed by atoms with E-state index in [2.05, 4.69) is 11.1 Å². The van der Waals surface area contributed by atoms with Crippen molar-refractivity contribution >= 4 is 23.2 Å². The van der Waals surface area contributed by atoms with E-state index in [-0.39, 0.29) is 18.9 Å². The van der Waals surface area contributed by atoms with Gasteiger partial charge in [0.05, 0.1) is 16.5 Å². The number of nitrogens with zero attached hydrogens (tertiary/aromatic N) is 3. The molecule has 1 aromatic heterocycles. The fourth-order valence-corrected chi connectivity index (χ4v) is 3.38. The molecule has 0 aliphatic heterocycles. The van der Waals surface area contributed by atoms with Crippen LogP contribution >= 0.6 is 23.2 Å². The summed E-state index contributed by atoms with van der Waals surface area (Å²) in [6.45, 7) is 4.48. The maximum absolute atomic E-state index is 9.54. The van der Waals surface area contributed by atoms with Crippen molar-refractivity contribution in [1.29, 1.82) is 10.5 Å². The van der Waals surface area contributed by atoms with Crippen molar-refractivity contribution in [3.63, 3.8) is 0 Å². The molecule has 3 rings (SSSR count). The maximum atomic E-state index is 9.54. The van der Waals surface area contributed by atoms with E-state index in [9.17, 15) is 5.26 Å². The van der Waals surface area contributed by atoms with Gasteiger partial charge < -0.3 is 13.9 Å². The van der Waals surface area contributed by atoms with Gasteiger partial charge in [0, 0.05) is 5.41 Å². The van der Waals surface area contributed by atoms with Crippen molar-refractivity contribution in [3.05, 3.63) is 76.0 Å². The minimum absolute atomic E-state index is 0.120. The van der Waals surface area contributed by atoms with Gasteiger partial charge in [0.15, 0.2) is 18.1 Å². The van der Waals surface area contributed by atoms with Gasteiger partial charge in [0.2, 0.25) is 5.89 Å². The predicted octanol–water partition coefficient (Wildman–Crippen LogP) is 5.59. The molecule has 0 spiro atoms. The maximum Gasteiger partial charge on any atom is 0.233 e. The van der Waals surface area contributed by atoms with Crippen LogP contribution in [0.15, 0.2) is 47.1 Å². The van der Waals surface area contributed by atoms with E-state index >= 15 is 0 Å². The monoisotopic (exact) mass is 455 g/mol. The van der Waals surface area contributed by atoms with Gasteiger partial charge in [0.1, 0.15) is 30.8 Å². The molecule has 0 aliphatic carbocycles. The number of rotatable bonds is 8. The quantitative estimate of drug-likeness (QED) is 0.410. The molecule has 2 aromatic carbocycles. The summed E-state index contributed by atoms with van der Waals surface area (Å²) < 4.78 is 16.4. The molecule has 0 N–H and O–H groups in total. The third kappa shape index (κ3) is 5.11. The third-order valence-electron chi connectivity index (χ3n) is 4.81. The number of hydrogen-bond acceptors (Lipinski definition) is 6. The Morgan fingerprint density at radius 1 is 1.06 bits per heavy atom. The Morgan fingerprint density at radius 3 is 2.42 bits per heavy atom. The molecule has 0 unspecified atom stereocenters. The van der Waals surface area contributed by atoms with Crippen LogP contribution in [0, 0.1) is 22.7 Å². The summed E-state index contributed by atoms with van der Waals surface area (Å²) in [5.74, 6) is 1.62. The standard InChI is InChI=1S/C23H19Cl2N3O3/c1-23(2,17-9-15(11-26)22(20(25)10-17)29-8-7-24)16-3-5-19(6-4-16)30-14-21-28-18(12-27)13-31-21/h3-6,9-10,13H,7-8,14H2,1-2H3. The molecule has 8 heteroatoms. The zero-order valence-electron chi connectivity index (χ0n) is 17.0. The number of halogens is 2. The topological polar surface area (TPSA) is 92.1 Å². The summed E-state index contributed by atoms with van der Waals surface area (Å²) in [7, 11) is 0. The van der Waals surface area contributed by atoms with Crippen molar-refractivity contribution in [3.8, 4) is 23.6 Å². The van der Waals surface area contributed by atoms with Gasteiger partial charge >= 0.3 is 0 Å². The van der Waals surface area contributed by atoms with Crippen molar-refractivity contribution in [1.82, 2.24) is 4.98 Å².